The van der Waals surface area contributed by atoms with E-state index in [2.05, 4.69) is 5.32 Å². The first-order chi connectivity index (χ1) is 15.2. The van der Waals surface area contributed by atoms with Gasteiger partial charge in [-0.3, -0.25) is 9.59 Å². The molecule has 0 radical (unpaired) electrons. The van der Waals surface area contributed by atoms with E-state index in [-0.39, 0.29) is 29.3 Å². The van der Waals surface area contributed by atoms with Crippen LogP contribution in [0.2, 0.25) is 0 Å². The molecule has 0 aromatic heterocycles. The van der Waals surface area contributed by atoms with Crippen LogP contribution in [0.5, 0.6) is 0 Å². The maximum Gasteiger partial charge on any atom is 0.355 e. The fourth-order valence-electron chi connectivity index (χ4n) is 4.39. The lowest BCUT2D eigenvalue weighted by atomic mass is 9.93. The van der Waals surface area contributed by atoms with E-state index in [0.717, 1.165) is 32.1 Å². The highest BCUT2D eigenvalue weighted by Crippen LogP contribution is 2.28. The SMILES string of the molecule is CC(=O)N/C(=C/c1ccccc1)C(=O)OCC(=O)N(C1CCCCC1)C1CCS(=O)(=O)C1. The van der Waals surface area contributed by atoms with Crippen molar-refractivity contribution in [1.82, 2.24) is 10.2 Å². The zero-order valence-electron chi connectivity index (χ0n) is 18.3. The first-order valence-electron chi connectivity index (χ1n) is 11.0. The van der Waals surface area contributed by atoms with Crippen LogP contribution in [-0.2, 0) is 29.0 Å². The van der Waals surface area contributed by atoms with E-state index < -0.39 is 34.2 Å². The number of benzene rings is 1. The van der Waals surface area contributed by atoms with Gasteiger partial charge >= 0.3 is 5.97 Å². The number of ether oxygens (including phenoxy) is 1. The highest BCUT2D eigenvalue weighted by atomic mass is 32.2. The lowest BCUT2D eigenvalue weighted by molar-refractivity contribution is -0.152. The van der Waals surface area contributed by atoms with E-state index in [1.54, 1.807) is 29.2 Å². The first-order valence-corrected chi connectivity index (χ1v) is 12.8. The maximum atomic E-state index is 13.1. The second-order valence-electron chi connectivity index (χ2n) is 8.38. The topological polar surface area (TPSA) is 110 Å². The summed E-state index contributed by atoms with van der Waals surface area (Å²) in [7, 11) is -3.16. The van der Waals surface area contributed by atoms with Crippen molar-refractivity contribution in [2.24, 2.45) is 0 Å². The number of carbonyl (C=O) groups excluding carboxylic acids is 3. The first kappa shape index (κ1) is 24.0. The Kier molecular flexibility index (Phi) is 8.06. The smallest absolute Gasteiger partial charge is 0.355 e. The standard InChI is InChI=1S/C23H30N2O6S/c1-17(26)24-21(14-18-8-4-2-5-9-18)23(28)31-15-22(27)25(19-10-6-3-7-11-19)20-12-13-32(29,30)16-20/h2,4-5,8-9,14,19-20H,3,6-7,10-13,15-16H2,1H3,(H,24,26)/b21-14+. The molecule has 1 aliphatic carbocycles. The summed E-state index contributed by atoms with van der Waals surface area (Å²) in [6.07, 6.45) is 6.60. The van der Waals surface area contributed by atoms with Crippen molar-refractivity contribution in [2.75, 3.05) is 18.1 Å². The number of hydrogen-bond donors (Lipinski definition) is 1. The fraction of sp³-hybridized carbons (Fsp3) is 0.522. The minimum Gasteiger partial charge on any atom is -0.451 e. The summed E-state index contributed by atoms with van der Waals surface area (Å²) >= 11 is 0. The molecular formula is C23H30N2O6S. The second-order valence-corrected chi connectivity index (χ2v) is 10.6. The number of carbonyl (C=O) groups is 3. The fourth-order valence-corrected chi connectivity index (χ4v) is 6.10. The number of sulfone groups is 1. The van der Waals surface area contributed by atoms with Crippen molar-refractivity contribution in [3.63, 3.8) is 0 Å². The predicted molar refractivity (Wildman–Crippen MR) is 120 cm³/mol. The van der Waals surface area contributed by atoms with E-state index in [9.17, 15) is 22.8 Å². The van der Waals surface area contributed by atoms with Gasteiger partial charge in [0, 0.05) is 19.0 Å². The minimum atomic E-state index is -3.16. The number of rotatable bonds is 7. The Bertz CT molecular complexity index is 967. The minimum absolute atomic E-state index is 0.0390. The Morgan fingerprint density at radius 1 is 1.06 bits per heavy atom. The zero-order valence-corrected chi connectivity index (χ0v) is 19.1. The van der Waals surface area contributed by atoms with Gasteiger partial charge in [-0.1, -0.05) is 49.6 Å². The molecule has 8 nitrogen and oxygen atoms in total. The van der Waals surface area contributed by atoms with Gasteiger partial charge in [0.25, 0.3) is 5.91 Å². The number of hydrogen-bond acceptors (Lipinski definition) is 6. The predicted octanol–water partition coefficient (Wildman–Crippen LogP) is 2.06. The number of esters is 1. The molecule has 0 bridgehead atoms. The number of nitrogens with one attached hydrogen (secondary N) is 1. The van der Waals surface area contributed by atoms with Gasteiger partial charge in [-0.15, -0.1) is 0 Å². The molecule has 1 aliphatic heterocycles. The van der Waals surface area contributed by atoms with E-state index in [0.29, 0.717) is 12.0 Å². The Morgan fingerprint density at radius 2 is 1.75 bits per heavy atom. The largest absolute Gasteiger partial charge is 0.451 e. The van der Waals surface area contributed by atoms with E-state index in [4.69, 9.17) is 4.74 Å². The van der Waals surface area contributed by atoms with Crippen LogP contribution in [0.1, 0.15) is 51.0 Å². The molecular weight excluding hydrogens is 432 g/mol. The summed E-state index contributed by atoms with van der Waals surface area (Å²) in [6, 6.07) is 8.53. The third-order valence-electron chi connectivity index (χ3n) is 5.83. The van der Waals surface area contributed by atoms with Crippen molar-refractivity contribution >= 4 is 33.7 Å². The molecule has 0 spiro atoms. The molecule has 1 saturated carbocycles. The van der Waals surface area contributed by atoms with Crippen molar-refractivity contribution in [1.29, 1.82) is 0 Å². The molecule has 3 rings (SSSR count). The molecule has 9 heteroatoms. The highest BCUT2D eigenvalue weighted by Gasteiger charge is 2.38. The Balaban J connectivity index is 1.71. The molecule has 1 aromatic rings. The summed E-state index contributed by atoms with van der Waals surface area (Å²) in [5.74, 6) is -1.63. The Labute approximate surface area is 188 Å². The maximum absolute atomic E-state index is 13.1. The number of amides is 2. The molecule has 1 heterocycles. The van der Waals surface area contributed by atoms with E-state index >= 15 is 0 Å². The number of nitrogens with zero attached hydrogens (tertiary/aromatic N) is 1. The van der Waals surface area contributed by atoms with Crippen LogP contribution in [0.4, 0.5) is 0 Å². The molecule has 1 aromatic carbocycles. The summed E-state index contributed by atoms with van der Waals surface area (Å²) in [5, 5.41) is 2.45. The summed E-state index contributed by atoms with van der Waals surface area (Å²) in [6.45, 7) is 0.778. The summed E-state index contributed by atoms with van der Waals surface area (Å²) in [5.41, 5.74) is 0.628. The van der Waals surface area contributed by atoms with Crippen molar-refractivity contribution < 1.29 is 27.5 Å². The van der Waals surface area contributed by atoms with Crippen molar-refractivity contribution in [3.8, 4) is 0 Å². The monoisotopic (exact) mass is 462 g/mol. The third-order valence-corrected chi connectivity index (χ3v) is 7.58. The molecule has 1 unspecified atom stereocenters. The van der Waals surface area contributed by atoms with Crippen LogP contribution in [0.3, 0.4) is 0 Å². The van der Waals surface area contributed by atoms with Crippen molar-refractivity contribution in [3.05, 3.63) is 41.6 Å². The molecule has 1 atom stereocenters. The van der Waals surface area contributed by atoms with Gasteiger partial charge < -0.3 is 15.0 Å². The van der Waals surface area contributed by atoms with Crippen LogP contribution in [0.25, 0.3) is 6.08 Å². The van der Waals surface area contributed by atoms with E-state index in [1.807, 2.05) is 6.07 Å². The summed E-state index contributed by atoms with van der Waals surface area (Å²) in [4.78, 5) is 38.9. The molecule has 1 saturated heterocycles. The van der Waals surface area contributed by atoms with Crippen LogP contribution >= 0.6 is 0 Å². The second kappa shape index (κ2) is 10.8. The molecule has 1 N–H and O–H groups in total. The Morgan fingerprint density at radius 3 is 2.34 bits per heavy atom. The normalized spacial score (nSPS) is 21.0. The van der Waals surface area contributed by atoms with Gasteiger partial charge in [0.15, 0.2) is 16.4 Å². The average molecular weight is 463 g/mol. The lowest BCUT2D eigenvalue weighted by Crippen LogP contribution is -2.50. The van der Waals surface area contributed by atoms with Crippen LogP contribution in [0, 0.1) is 0 Å². The average Bonchev–Trinajstić information content (AvgIpc) is 3.12. The van der Waals surface area contributed by atoms with Gasteiger partial charge in [0.2, 0.25) is 5.91 Å². The van der Waals surface area contributed by atoms with Gasteiger partial charge in [-0.25, -0.2) is 13.2 Å². The highest BCUT2D eigenvalue weighted by molar-refractivity contribution is 7.91. The van der Waals surface area contributed by atoms with Crippen molar-refractivity contribution in [2.45, 2.75) is 57.5 Å². The lowest BCUT2D eigenvalue weighted by Gasteiger charge is -2.38. The van der Waals surface area contributed by atoms with Gasteiger partial charge in [-0.05, 0) is 30.9 Å². The van der Waals surface area contributed by atoms with E-state index in [1.165, 1.54) is 13.0 Å². The third kappa shape index (κ3) is 6.66. The van der Waals surface area contributed by atoms with Crippen LogP contribution < -0.4 is 5.32 Å². The molecule has 2 fully saturated rings. The summed E-state index contributed by atoms with van der Waals surface area (Å²) < 4.78 is 29.3. The zero-order chi connectivity index (χ0) is 23.1. The molecule has 2 amide bonds. The van der Waals surface area contributed by atoms with Gasteiger partial charge in [-0.2, -0.15) is 0 Å². The Hall–Kier alpha value is -2.68. The molecule has 2 aliphatic rings. The quantitative estimate of drug-likeness (QED) is 0.491. The molecule has 32 heavy (non-hydrogen) atoms. The molecule has 174 valence electrons. The van der Waals surface area contributed by atoms with Crippen LogP contribution in [-0.4, -0.2) is 61.3 Å². The van der Waals surface area contributed by atoms with Gasteiger partial charge in [0.1, 0.15) is 5.70 Å². The van der Waals surface area contributed by atoms with Crippen LogP contribution in [0.15, 0.2) is 36.0 Å². The van der Waals surface area contributed by atoms with Gasteiger partial charge in [0.05, 0.1) is 11.5 Å².